The van der Waals surface area contributed by atoms with Crippen molar-refractivity contribution in [3.8, 4) is 0 Å². The van der Waals surface area contributed by atoms with Crippen molar-refractivity contribution in [2.24, 2.45) is 5.92 Å². The van der Waals surface area contributed by atoms with E-state index in [9.17, 15) is 9.59 Å². The van der Waals surface area contributed by atoms with E-state index in [1.165, 1.54) is 12.8 Å². The molecule has 27 heavy (non-hydrogen) atoms. The fourth-order valence-corrected chi connectivity index (χ4v) is 3.70. The van der Waals surface area contributed by atoms with Crippen LogP contribution >= 0.6 is 0 Å². The quantitative estimate of drug-likeness (QED) is 0.723. The molecule has 1 saturated heterocycles. The molecule has 1 aromatic heterocycles. The summed E-state index contributed by atoms with van der Waals surface area (Å²) < 4.78 is 0. The zero-order valence-electron chi connectivity index (χ0n) is 15.7. The second-order valence-electron chi connectivity index (χ2n) is 7.76. The molecule has 2 aromatic rings. The van der Waals surface area contributed by atoms with Crippen LogP contribution in [0.2, 0.25) is 0 Å². The number of nitrogens with zero attached hydrogens (tertiary/aromatic N) is 2. The molecular weight excluding hydrogens is 342 g/mol. The lowest BCUT2D eigenvalue weighted by Crippen LogP contribution is -2.51. The number of nitrogens with one attached hydrogen (secondary N) is 3. The van der Waals surface area contributed by atoms with Crippen LogP contribution in [0, 0.1) is 5.92 Å². The van der Waals surface area contributed by atoms with E-state index in [-0.39, 0.29) is 11.8 Å². The summed E-state index contributed by atoms with van der Waals surface area (Å²) in [7, 11) is 0. The standard InChI is InChI=1S/C20H27N5O2/c1-13(22-19(26)18-16-4-2-3-5-17(16)23-24-18)20(27)25-10-8-15(9-11-25)21-12-14-6-7-14/h2-5,13-15,21H,6-12H2,1H3,(H,22,26)(H,23,24). The molecule has 2 heterocycles. The fraction of sp³-hybridized carbons (Fsp3) is 0.550. The number of carbonyl (C=O) groups excluding carboxylic acids is 2. The van der Waals surface area contributed by atoms with Crippen LogP contribution < -0.4 is 10.6 Å². The molecule has 4 rings (SSSR count). The number of aromatic nitrogens is 2. The van der Waals surface area contributed by atoms with Crippen molar-refractivity contribution in [2.45, 2.75) is 44.7 Å². The topological polar surface area (TPSA) is 90.1 Å². The Morgan fingerprint density at radius 2 is 1.96 bits per heavy atom. The van der Waals surface area contributed by atoms with E-state index in [0.29, 0.717) is 11.7 Å². The third kappa shape index (κ3) is 4.13. The molecule has 1 saturated carbocycles. The molecule has 3 N–H and O–H groups in total. The number of aromatic amines is 1. The first-order valence-corrected chi connectivity index (χ1v) is 9.88. The van der Waals surface area contributed by atoms with Crippen molar-refractivity contribution >= 4 is 22.7 Å². The first-order valence-electron chi connectivity index (χ1n) is 9.88. The summed E-state index contributed by atoms with van der Waals surface area (Å²) in [5.41, 5.74) is 1.13. The summed E-state index contributed by atoms with van der Waals surface area (Å²) in [5, 5.41) is 14.1. The normalized spacial score (nSPS) is 19.2. The highest BCUT2D eigenvalue weighted by molar-refractivity contribution is 6.05. The molecule has 2 aliphatic rings. The molecule has 2 fully saturated rings. The number of hydrogen-bond acceptors (Lipinski definition) is 4. The van der Waals surface area contributed by atoms with E-state index in [1.54, 1.807) is 6.92 Å². The number of likely N-dealkylation sites (tertiary alicyclic amines) is 1. The van der Waals surface area contributed by atoms with Crippen LogP contribution in [0.5, 0.6) is 0 Å². The number of fused-ring (bicyclic) bond motifs is 1. The number of rotatable bonds is 6. The van der Waals surface area contributed by atoms with Crippen molar-refractivity contribution in [1.29, 1.82) is 0 Å². The number of carbonyl (C=O) groups is 2. The number of amides is 2. The minimum Gasteiger partial charge on any atom is -0.341 e. The van der Waals surface area contributed by atoms with Crippen LogP contribution in [0.3, 0.4) is 0 Å². The van der Waals surface area contributed by atoms with Crippen LogP contribution in [-0.4, -0.2) is 58.6 Å². The Morgan fingerprint density at radius 3 is 2.70 bits per heavy atom. The van der Waals surface area contributed by atoms with Gasteiger partial charge in [-0.15, -0.1) is 0 Å². The van der Waals surface area contributed by atoms with Gasteiger partial charge in [0.2, 0.25) is 5.91 Å². The first-order chi connectivity index (χ1) is 13.1. The lowest BCUT2D eigenvalue weighted by atomic mass is 10.0. The summed E-state index contributed by atoms with van der Waals surface area (Å²) in [5.74, 6) is 0.524. The number of para-hydroxylation sites is 1. The van der Waals surface area contributed by atoms with Crippen LogP contribution in [-0.2, 0) is 4.79 Å². The van der Waals surface area contributed by atoms with Crippen molar-refractivity contribution in [2.75, 3.05) is 19.6 Å². The van der Waals surface area contributed by atoms with Crippen LogP contribution in [0.15, 0.2) is 24.3 Å². The van der Waals surface area contributed by atoms with Gasteiger partial charge in [-0.05, 0) is 51.1 Å². The molecule has 1 atom stereocenters. The molecule has 7 nitrogen and oxygen atoms in total. The number of H-pyrrole nitrogens is 1. The Morgan fingerprint density at radius 1 is 1.22 bits per heavy atom. The predicted octanol–water partition coefficient (Wildman–Crippen LogP) is 1.67. The monoisotopic (exact) mass is 369 g/mol. The third-order valence-electron chi connectivity index (χ3n) is 5.60. The van der Waals surface area contributed by atoms with Gasteiger partial charge in [0.1, 0.15) is 6.04 Å². The third-order valence-corrected chi connectivity index (χ3v) is 5.60. The average molecular weight is 369 g/mol. The van der Waals surface area contributed by atoms with Gasteiger partial charge < -0.3 is 15.5 Å². The SMILES string of the molecule is CC(NC(=O)c1n[nH]c2ccccc12)C(=O)N1CCC(NCC2CC2)CC1. The van der Waals surface area contributed by atoms with Gasteiger partial charge in [-0.25, -0.2) is 0 Å². The molecule has 1 unspecified atom stereocenters. The highest BCUT2D eigenvalue weighted by Gasteiger charge is 2.29. The maximum atomic E-state index is 12.7. The fourth-order valence-electron chi connectivity index (χ4n) is 3.70. The molecular formula is C20H27N5O2. The van der Waals surface area contributed by atoms with E-state index in [2.05, 4.69) is 20.8 Å². The molecule has 144 valence electrons. The smallest absolute Gasteiger partial charge is 0.273 e. The molecule has 0 radical (unpaired) electrons. The van der Waals surface area contributed by atoms with Gasteiger partial charge in [-0.2, -0.15) is 5.10 Å². The van der Waals surface area contributed by atoms with Gasteiger partial charge in [-0.3, -0.25) is 14.7 Å². The van der Waals surface area contributed by atoms with E-state index in [0.717, 1.165) is 49.3 Å². The van der Waals surface area contributed by atoms with Gasteiger partial charge in [0, 0.05) is 24.5 Å². The van der Waals surface area contributed by atoms with Gasteiger partial charge in [0.05, 0.1) is 5.52 Å². The van der Waals surface area contributed by atoms with E-state index in [1.807, 2.05) is 29.2 Å². The first kappa shape index (κ1) is 18.0. The molecule has 7 heteroatoms. The maximum Gasteiger partial charge on any atom is 0.273 e. The number of hydrogen-bond donors (Lipinski definition) is 3. The zero-order chi connectivity index (χ0) is 18.8. The largest absolute Gasteiger partial charge is 0.341 e. The van der Waals surface area contributed by atoms with Gasteiger partial charge >= 0.3 is 0 Å². The van der Waals surface area contributed by atoms with Gasteiger partial charge in [-0.1, -0.05) is 18.2 Å². The Bertz CT molecular complexity index is 821. The van der Waals surface area contributed by atoms with Crippen molar-refractivity contribution in [3.05, 3.63) is 30.0 Å². The lowest BCUT2D eigenvalue weighted by molar-refractivity contribution is -0.133. The Hall–Kier alpha value is -2.41. The maximum absolute atomic E-state index is 12.7. The lowest BCUT2D eigenvalue weighted by Gasteiger charge is -2.34. The summed E-state index contributed by atoms with van der Waals surface area (Å²) in [6.45, 7) is 4.34. The van der Waals surface area contributed by atoms with Crippen LogP contribution in [0.1, 0.15) is 43.1 Å². The highest BCUT2D eigenvalue weighted by Crippen LogP contribution is 2.28. The molecule has 0 bridgehead atoms. The second-order valence-corrected chi connectivity index (χ2v) is 7.76. The van der Waals surface area contributed by atoms with E-state index in [4.69, 9.17) is 0 Å². The Balaban J connectivity index is 1.29. The van der Waals surface area contributed by atoms with Crippen LogP contribution in [0.4, 0.5) is 0 Å². The van der Waals surface area contributed by atoms with Gasteiger partial charge in [0.15, 0.2) is 5.69 Å². The number of benzene rings is 1. The van der Waals surface area contributed by atoms with E-state index < -0.39 is 6.04 Å². The number of piperidine rings is 1. The molecule has 0 spiro atoms. The van der Waals surface area contributed by atoms with Crippen molar-refractivity contribution in [1.82, 2.24) is 25.7 Å². The van der Waals surface area contributed by atoms with Crippen LogP contribution in [0.25, 0.3) is 10.9 Å². The summed E-state index contributed by atoms with van der Waals surface area (Å²) in [6, 6.07) is 7.41. The van der Waals surface area contributed by atoms with Crippen molar-refractivity contribution < 1.29 is 9.59 Å². The Kier molecular flexibility index (Phi) is 5.11. The molecule has 2 amide bonds. The minimum absolute atomic E-state index is 0.0242. The zero-order valence-corrected chi connectivity index (χ0v) is 15.7. The molecule has 1 aliphatic carbocycles. The molecule has 1 aliphatic heterocycles. The van der Waals surface area contributed by atoms with Crippen molar-refractivity contribution in [3.63, 3.8) is 0 Å². The second kappa shape index (κ2) is 7.68. The summed E-state index contributed by atoms with van der Waals surface area (Å²) >= 11 is 0. The highest BCUT2D eigenvalue weighted by atomic mass is 16.2. The average Bonchev–Trinajstić information content (AvgIpc) is 3.42. The van der Waals surface area contributed by atoms with Gasteiger partial charge in [0.25, 0.3) is 5.91 Å². The van der Waals surface area contributed by atoms with E-state index >= 15 is 0 Å². The summed E-state index contributed by atoms with van der Waals surface area (Å²) in [4.78, 5) is 27.1. The molecule has 1 aromatic carbocycles. The predicted molar refractivity (Wildman–Crippen MR) is 103 cm³/mol. The Labute approximate surface area is 158 Å². The minimum atomic E-state index is -0.566. The summed E-state index contributed by atoms with van der Waals surface area (Å²) in [6.07, 6.45) is 4.66.